The fourth-order valence-electron chi connectivity index (χ4n) is 1.48. The van der Waals surface area contributed by atoms with Crippen molar-refractivity contribution in [2.75, 3.05) is 0 Å². The summed E-state index contributed by atoms with van der Waals surface area (Å²) < 4.78 is 13.0. The van der Waals surface area contributed by atoms with Crippen molar-refractivity contribution in [3.05, 3.63) is 29.1 Å². The number of nitrogens with two attached hydrogens (primary N) is 1. The zero-order chi connectivity index (χ0) is 10.2. The van der Waals surface area contributed by atoms with E-state index in [2.05, 4.69) is 0 Å². The first-order valence-corrected chi connectivity index (χ1v) is 4.11. The predicted octanol–water partition coefficient (Wildman–Crippen LogP) is 2.03. The summed E-state index contributed by atoms with van der Waals surface area (Å²) in [6.45, 7) is 5.26. The van der Waals surface area contributed by atoms with Gasteiger partial charge in [0.15, 0.2) is 11.6 Å². The average Bonchev–Trinajstić information content (AvgIpc) is 1.95. The van der Waals surface area contributed by atoms with Gasteiger partial charge < -0.3 is 10.8 Å². The lowest BCUT2D eigenvalue weighted by Crippen LogP contribution is -2.29. The monoisotopic (exact) mass is 183 g/mol. The van der Waals surface area contributed by atoms with Crippen molar-refractivity contribution in [2.45, 2.75) is 26.3 Å². The summed E-state index contributed by atoms with van der Waals surface area (Å²) in [6, 6.07) is 2.85. The number of phenols is 1. The Morgan fingerprint density at radius 2 is 1.92 bits per heavy atom. The minimum atomic E-state index is -0.726. The van der Waals surface area contributed by atoms with E-state index in [9.17, 15) is 9.50 Å². The summed E-state index contributed by atoms with van der Waals surface area (Å²) >= 11 is 0. The van der Waals surface area contributed by atoms with Crippen LogP contribution in [0.5, 0.6) is 5.75 Å². The molecule has 1 aromatic rings. The fraction of sp³-hybridized carbons (Fsp3) is 0.400. The Morgan fingerprint density at radius 1 is 1.38 bits per heavy atom. The van der Waals surface area contributed by atoms with Gasteiger partial charge in [0.2, 0.25) is 0 Å². The average molecular weight is 183 g/mol. The molecule has 0 aliphatic heterocycles. The van der Waals surface area contributed by atoms with Crippen LogP contribution in [0.15, 0.2) is 12.1 Å². The molecule has 3 N–H and O–H groups in total. The molecule has 3 heteroatoms. The first-order chi connectivity index (χ1) is 5.84. The Bertz CT molecular complexity index is 328. The maximum atomic E-state index is 13.0. The van der Waals surface area contributed by atoms with Crippen molar-refractivity contribution in [3.63, 3.8) is 0 Å². The largest absolute Gasteiger partial charge is 0.505 e. The van der Waals surface area contributed by atoms with Crippen LogP contribution in [-0.2, 0) is 5.54 Å². The van der Waals surface area contributed by atoms with E-state index in [1.807, 2.05) is 0 Å². The van der Waals surface area contributed by atoms with E-state index in [0.29, 0.717) is 5.56 Å². The molecule has 0 fully saturated rings. The molecule has 0 radical (unpaired) electrons. The molecule has 1 aromatic carbocycles. The molecular weight excluding hydrogens is 169 g/mol. The Kier molecular flexibility index (Phi) is 2.30. The highest BCUT2D eigenvalue weighted by Gasteiger charge is 2.22. The van der Waals surface area contributed by atoms with Crippen molar-refractivity contribution >= 4 is 0 Å². The van der Waals surface area contributed by atoms with Gasteiger partial charge in [-0.1, -0.05) is 6.07 Å². The van der Waals surface area contributed by atoms with E-state index in [1.165, 1.54) is 6.07 Å². The summed E-state index contributed by atoms with van der Waals surface area (Å²) in [5, 5.41) is 9.46. The quantitative estimate of drug-likeness (QED) is 0.699. The summed E-state index contributed by atoms with van der Waals surface area (Å²) in [5.41, 5.74) is 6.34. The van der Waals surface area contributed by atoms with Gasteiger partial charge in [-0.15, -0.1) is 0 Å². The van der Waals surface area contributed by atoms with Crippen LogP contribution in [0.3, 0.4) is 0 Å². The van der Waals surface area contributed by atoms with E-state index in [0.717, 1.165) is 5.56 Å². The van der Waals surface area contributed by atoms with Crippen molar-refractivity contribution in [3.8, 4) is 5.75 Å². The van der Waals surface area contributed by atoms with Gasteiger partial charge in [-0.2, -0.15) is 0 Å². The molecule has 0 spiro atoms. The van der Waals surface area contributed by atoms with Crippen molar-refractivity contribution in [2.24, 2.45) is 5.73 Å². The van der Waals surface area contributed by atoms with Crippen molar-refractivity contribution < 1.29 is 9.50 Å². The van der Waals surface area contributed by atoms with Gasteiger partial charge in [0, 0.05) is 11.1 Å². The first-order valence-electron chi connectivity index (χ1n) is 4.11. The second-order valence-electron chi connectivity index (χ2n) is 3.81. The Labute approximate surface area is 77.2 Å². The lowest BCUT2D eigenvalue weighted by atomic mass is 9.90. The van der Waals surface area contributed by atoms with Crippen LogP contribution in [0.4, 0.5) is 4.39 Å². The molecular formula is C10H14FNO. The molecule has 0 unspecified atom stereocenters. The van der Waals surface area contributed by atoms with Gasteiger partial charge in [0.1, 0.15) is 0 Å². The van der Waals surface area contributed by atoms with Gasteiger partial charge in [0.25, 0.3) is 0 Å². The second-order valence-corrected chi connectivity index (χ2v) is 3.81. The van der Waals surface area contributed by atoms with E-state index in [-0.39, 0.29) is 5.75 Å². The lowest BCUT2D eigenvalue weighted by molar-refractivity contribution is 0.404. The molecule has 0 atom stereocenters. The van der Waals surface area contributed by atoms with E-state index in [4.69, 9.17) is 5.73 Å². The third kappa shape index (κ3) is 1.80. The molecule has 0 saturated carbocycles. The maximum Gasteiger partial charge on any atom is 0.165 e. The number of aryl methyl sites for hydroxylation is 1. The Balaban J connectivity index is 3.43. The molecule has 0 amide bonds. The highest BCUT2D eigenvalue weighted by molar-refractivity contribution is 5.43. The van der Waals surface area contributed by atoms with Gasteiger partial charge in [-0.05, 0) is 32.4 Å². The van der Waals surface area contributed by atoms with Crippen LogP contribution in [0.25, 0.3) is 0 Å². The lowest BCUT2D eigenvalue weighted by Gasteiger charge is -2.22. The maximum absolute atomic E-state index is 13.0. The number of hydrogen-bond acceptors (Lipinski definition) is 2. The third-order valence-corrected chi connectivity index (χ3v) is 1.98. The third-order valence-electron chi connectivity index (χ3n) is 1.98. The number of hydrogen-bond donors (Lipinski definition) is 2. The van der Waals surface area contributed by atoms with Gasteiger partial charge in [0.05, 0.1) is 0 Å². The fourth-order valence-corrected chi connectivity index (χ4v) is 1.48. The van der Waals surface area contributed by atoms with Gasteiger partial charge in [-0.3, -0.25) is 0 Å². The van der Waals surface area contributed by atoms with Crippen LogP contribution >= 0.6 is 0 Å². The number of phenolic OH excluding ortho intramolecular Hbond substituents is 1. The first kappa shape index (κ1) is 9.99. The van der Waals surface area contributed by atoms with E-state index in [1.54, 1.807) is 26.8 Å². The molecule has 2 nitrogen and oxygen atoms in total. The summed E-state index contributed by atoms with van der Waals surface area (Å²) in [4.78, 5) is 0. The number of aromatic hydroxyl groups is 1. The molecule has 0 aliphatic rings. The number of halogens is 1. The zero-order valence-electron chi connectivity index (χ0n) is 8.06. The summed E-state index contributed by atoms with van der Waals surface area (Å²) in [6.07, 6.45) is 0. The van der Waals surface area contributed by atoms with Gasteiger partial charge >= 0.3 is 0 Å². The van der Waals surface area contributed by atoms with Crippen molar-refractivity contribution in [1.29, 1.82) is 0 Å². The van der Waals surface area contributed by atoms with Crippen LogP contribution in [0, 0.1) is 12.7 Å². The minimum Gasteiger partial charge on any atom is -0.505 e. The van der Waals surface area contributed by atoms with E-state index < -0.39 is 11.4 Å². The molecule has 0 aromatic heterocycles. The highest BCUT2D eigenvalue weighted by atomic mass is 19.1. The standard InChI is InChI=1S/C10H14FNO/c1-6-4-5-7(11)9(13)8(6)10(2,3)12/h4-5,13H,12H2,1-3H3. The van der Waals surface area contributed by atoms with Crippen LogP contribution < -0.4 is 5.73 Å². The normalized spacial score (nSPS) is 11.8. The Hall–Kier alpha value is -1.09. The van der Waals surface area contributed by atoms with Crippen molar-refractivity contribution in [1.82, 2.24) is 0 Å². The van der Waals surface area contributed by atoms with Crippen LogP contribution in [0.1, 0.15) is 25.0 Å². The van der Waals surface area contributed by atoms with Crippen LogP contribution in [0.2, 0.25) is 0 Å². The molecule has 0 bridgehead atoms. The molecule has 0 saturated heterocycles. The molecule has 13 heavy (non-hydrogen) atoms. The molecule has 72 valence electrons. The minimum absolute atomic E-state index is 0.340. The van der Waals surface area contributed by atoms with Gasteiger partial charge in [-0.25, -0.2) is 4.39 Å². The van der Waals surface area contributed by atoms with E-state index >= 15 is 0 Å². The predicted molar refractivity (Wildman–Crippen MR) is 50.0 cm³/mol. The molecule has 0 heterocycles. The summed E-state index contributed by atoms with van der Waals surface area (Å²) in [5.74, 6) is -0.966. The highest BCUT2D eigenvalue weighted by Crippen LogP contribution is 2.31. The van der Waals surface area contributed by atoms with Crippen LogP contribution in [-0.4, -0.2) is 5.11 Å². The summed E-state index contributed by atoms with van der Waals surface area (Å²) in [7, 11) is 0. The SMILES string of the molecule is Cc1ccc(F)c(O)c1C(C)(C)N. The Morgan fingerprint density at radius 3 is 2.31 bits per heavy atom. The molecule has 1 rings (SSSR count). The number of benzene rings is 1. The number of rotatable bonds is 1. The zero-order valence-corrected chi connectivity index (χ0v) is 8.06. The molecule has 0 aliphatic carbocycles. The topological polar surface area (TPSA) is 46.2 Å². The smallest absolute Gasteiger partial charge is 0.165 e. The second kappa shape index (κ2) is 3.00.